The van der Waals surface area contributed by atoms with Crippen LogP contribution in [0.15, 0.2) is 15.9 Å². The maximum Gasteiger partial charge on any atom is 0.304 e. The highest BCUT2D eigenvalue weighted by molar-refractivity contribution is 9.11. The van der Waals surface area contributed by atoms with Crippen LogP contribution in [0.25, 0.3) is 0 Å². The van der Waals surface area contributed by atoms with E-state index in [0.717, 1.165) is 8.66 Å². The molecule has 1 fully saturated rings. The van der Waals surface area contributed by atoms with Crippen LogP contribution in [0.3, 0.4) is 0 Å². The van der Waals surface area contributed by atoms with Crippen molar-refractivity contribution in [3.63, 3.8) is 0 Å². The van der Waals surface area contributed by atoms with Gasteiger partial charge < -0.3 is 15.6 Å². The highest BCUT2D eigenvalue weighted by Gasteiger charge is 2.47. The van der Waals surface area contributed by atoms with Crippen LogP contribution >= 0.6 is 27.3 Å². The van der Waals surface area contributed by atoms with Crippen molar-refractivity contribution in [1.82, 2.24) is 0 Å². The van der Waals surface area contributed by atoms with Crippen LogP contribution in [0.4, 0.5) is 0 Å². The number of nitrogens with two attached hydrogens (primary N) is 1. The third kappa shape index (κ3) is 2.02. The van der Waals surface area contributed by atoms with E-state index < -0.39 is 12.0 Å². The highest BCUT2D eigenvalue weighted by atomic mass is 79.9. The summed E-state index contributed by atoms with van der Waals surface area (Å²) in [5, 5.41) is 8.79. The molecular formula is C10H12BrNO3S. The second-order valence-corrected chi connectivity index (χ2v) is 6.42. The number of carbonyl (C=O) groups is 1. The summed E-state index contributed by atoms with van der Waals surface area (Å²) >= 11 is 4.99. The minimum absolute atomic E-state index is 0.0289. The van der Waals surface area contributed by atoms with Gasteiger partial charge in [-0.15, -0.1) is 11.3 Å². The van der Waals surface area contributed by atoms with E-state index in [1.54, 1.807) is 11.3 Å². The summed E-state index contributed by atoms with van der Waals surface area (Å²) in [6, 6.07) is 3.54. The molecule has 0 aromatic carbocycles. The second-order valence-electron chi connectivity index (χ2n) is 3.96. The normalized spacial score (nSPS) is 20.1. The molecule has 16 heavy (non-hydrogen) atoms. The van der Waals surface area contributed by atoms with Gasteiger partial charge in [0.1, 0.15) is 0 Å². The number of thiophene rings is 1. The maximum absolute atomic E-state index is 10.7. The topological polar surface area (TPSA) is 72.6 Å². The van der Waals surface area contributed by atoms with Gasteiger partial charge in [-0.05, 0) is 28.1 Å². The Bertz CT molecular complexity index is 403. The Morgan fingerprint density at radius 1 is 1.69 bits per heavy atom. The standard InChI is InChI=1S/C10H12BrNO3S/c11-8-2-1-7(16-8)10(4-15-5-10)6(12)3-9(13)14/h1-2,6H,3-5,12H2,(H,13,14). The summed E-state index contributed by atoms with van der Waals surface area (Å²) in [5.74, 6) is -0.866. The molecule has 6 heteroatoms. The van der Waals surface area contributed by atoms with Crippen molar-refractivity contribution in [3.05, 3.63) is 20.8 Å². The van der Waals surface area contributed by atoms with Gasteiger partial charge in [-0.2, -0.15) is 0 Å². The van der Waals surface area contributed by atoms with Gasteiger partial charge in [0.25, 0.3) is 0 Å². The molecule has 0 spiro atoms. The highest BCUT2D eigenvalue weighted by Crippen LogP contribution is 2.41. The minimum Gasteiger partial charge on any atom is -0.481 e. The molecule has 88 valence electrons. The van der Waals surface area contributed by atoms with Crippen molar-refractivity contribution >= 4 is 33.2 Å². The van der Waals surface area contributed by atoms with Crippen LogP contribution in [0.2, 0.25) is 0 Å². The number of hydrogen-bond donors (Lipinski definition) is 2. The van der Waals surface area contributed by atoms with E-state index >= 15 is 0 Å². The van der Waals surface area contributed by atoms with Crippen molar-refractivity contribution in [1.29, 1.82) is 0 Å². The van der Waals surface area contributed by atoms with Crippen LogP contribution in [0.5, 0.6) is 0 Å². The van der Waals surface area contributed by atoms with Gasteiger partial charge in [0, 0.05) is 10.9 Å². The Labute approximate surface area is 106 Å². The maximum atomic E-state index is 10.7. The Balaban J connectivity index is 2.22. The number of rotatable bonds is 4. The van der Waals surface area contributed by atoms with Crippen molar-refractivity contribution in [3.8, 4) is 0 Å². The second kappa shape index (κ2) is 4.44. The lowest BCUT2D eigenvalue weighted by atomic mass is 9.76. The summed E-state index contributed by atoms with van der Waals surface area (Å²) in [4.78, 5) is 11.8. The molecule has 1 atom stereocenters. The molecule has 1 aliphatic heterocycles. The molecule has 0 aliphatic carbocycles. The molecule has 1 aromatic rings. The van der Waals surface area contributed by atoms with E-state index in [0.29, 0.717) is 13.2 Å². The molecule has 0 bridgehead atoms. The van der Waals surface area contributed by atoms with E-state index in [9.17, 15) is 4.79 Å². The van der Waals surface area contributed by atoms with E-state index in [1.807, 2.05) is 12.1 Å². The summed E-state index contributed by atoms with van der Waals surface area (Å²) < 4.78 is 6.25. The number of hydrogen-bond acceptors (Lipinski definition) is 4. The van der Waals surface area contributed by atoms with Crippen molar-refractivity contribution in [2.24, 2.45) is 5.73 Å². The fourth-order valence-corrected chi connectivity index (χ4v) is 3.44. The van der Waals surface area contributed by atoms with E-state index in [2.05, 4.69) is 15.9 Å². The van der Waals surface area contributed by atoms with Crippen molar-refractivity contribution in [2.75, 3.05) is 13.2 Å². The first-order valence-corrected chi connectivity index (χ1v) is 6.46. The lowest BCUT2D eigenvalue weighted by molar-refractivity contribution is -0.140. The lowest BCUT2D eigenvalue weighted by Gasteiger charge is -2.44. The quantitative estimate of drug-likeness (QED) is 0.886. The largest absolute Gasteiger partial charge is 0.481 e. The third-order valence-electron chi connectivity index (χ3n) is 2.89. The molecule has 1 unspecified atom stereocenters. The predicted octanol–water partition coefficient (Wildman–Crippen LogP) is 1.58. The summed E-state index contributed by atoms with van der Waals surface area (Å²) in [6.45, 7) is 1.02. The molecule has 4 nitrogen and oxygen atoms in total. The molecule has 2 heterocycles. The zero-order valence-electron chi connectivity index (χ0n) is 8.48. The van der Waals surface area contributed by atoms with Gasteiger partial charge in [0.2, 0.25) is 0 Å². The number of carboxylic acids is 1. The lowest BCUT2D eigenvalue weighted by Crippen LogP contribution is -2.59. The van der Waals surface area contributed by atoms with Gasteiger partial charge in [-0.1, -0.05) is 0 Å². The molecule has 1 saturated heterocycles. The number of carboxylic acid groups (broad SMARTS) is 1. The third-order valence-corrected chi connectivity index (χ3v) is 4.73. The van der Waals surface area contributed by atoms with Crippen LogP contribution in [0.1, 0.15) is 11.3 Å². The molecule has 0 radical (unpaired) electrons. The van der Waals surface area contributed by atoms with Crippen molar-refractivity contribution in [2.45, 2.75) is 17.9 Å². The minimum atomic E-state index is -0.866. The monoisotopic (exact) mass is 305 g/mol. The van der Waals surface area contributed by atoms with E-state index in [1.165, 1.54) is 0 Å². The molecule has 0 amide bonds. The van der Waals surface area contributed by atoms with E-state index in [4.69, 9.17) is 15.6 Å². The number of ether oxygens (including phenoxy) is 1. The predicted molar refractivity (Wildman–Crippen MR) is 64.7 cm³/mol. The van der Waals surface area contributed by atoms with Gasteiger partial charge >= 0.3 is 5.97 Å². The number of halogens is 1. The first-order chi connectivity index (χ1) is 7.54. The Morgan fingerprint density at radius 2 is 2.38 bits per heavy atom. The van der Waals surface area contributed by atoms with Crippen molar-refractivity contribution < 1.29 is 14.6 Å². The molecule has 2 rings (SSSR count). The molecule has 1 aromatic heterocycles. The first-order valence-electron chi connectivity index (χ1n) is 4.85. The Morgan fingerprint density at radius 3 is 2.75 bits per heavy atom. The Kier molecular flexibility index (Phi) is 3.34. The summed E-state index contributed by atoms with van der Waals surface area (Å²) in [6.07, 6.45) is -0.0289. The Hall–Kier alpha value is -0.430. The van der Waals surface area contributed by atoms with Crippen LogP contribution in [-0.4, -0.2) is 30.3 Å². The van der Waals surface area contributed by atoms with Gasteiger partial charge in [0.15, 0.2) is 0 Å². The average molecular weight is 306 g/mol. The molecule has 0 saturated carbocycles. The van der Waals surface area contributed by atoms with Gasteiger partial charge in [-0.25, -0.2) is 0 Å². The van der Waals surface area contributed by atoms with Crippen LogP contribution in [0, 0.1) is 0 Å². The van der Waals surface area contributed by atoms with Crippen LogP contribution in [-0.2, 0) is 14.9 Å². The zero-order chi connectivity index (χ0) is 11.8. The SMILES string of the molecule is NC(CC(=O)O)C1(c2ccc(Br)s2)COC1. The van der Waals surface area contributed by atoms with Gasteiger partial charge in [0.05, 0.1) is 28.8 Å². The average Bonchev–Trinajstić information content (AvgIpc) is 2.48. The van der Waals surface area contributed by atoms with Crippen LogP contribution < -0.4 is 5.73 Å². The van der Waals surface area contributed by atoms with Gasteiger partial charge in [-0.3, -0.25) is 4.79 Å². The molecule has 3 N–H and O–H groups in total. The molecule has 1 aliphatic rings. The van der Waals surface area contributed by atoms with E-state index in [-0.39, 0.29) is 11.8 Å². The fourth-order valence-electron chi connectivity index (χ4n) is 1.83. The molecular weight excluding hydrogens is 294 g/mol. The summed E-state index contributed by atoms with van der Waals surface area (Å²) in [7, 11) is 0. The number of aliphatic carboxylic acids is 1. The fraction of sp³-hybridized carbons (Fsp3) is 0.500. The summed E-state index contributed by atoms with van der Waals surface area (Å²) in [5.41, 5.74) is 5.68. The first kappa shape index (κ1) is 12.0. The smallest absolute Gasteiger partial charge is 0.304 e. The zero-order valence-corrected chi connectivity index (χ0v) is 10.9.